The molecule has 0 spiro atoms. The summed E-state index contributed by atoms with van der Waals surface area (Å²) in [5, 5.41) is 11.9. The second-order valence-corrected chi connectivity index (χ2v) is 7.11. The summed E-state index contributed by atoms with van der Waals surface area (Å²) in [6.45, 7) is 0. The van der Waals surface area contributed by atoms with E-state index in [1.54, 1.807) is 49.1 Å². The fourth-order valence-electron chi connectivity index (χ4n) is 3.08. The van der Waals surface area contributed by atoms with Gasteiger partial charge in [-0.15, -0.1) is 0 Å². The predicted octanol–water partition coefficient (Wildman–Crippen LogP) is 4.21. The quantitative estimate of drug-likeness (QED) is 0.371. The van der Waals surface area contributed by atoms with Gasteiger partial charge in [-0.25, -0.2) is 15.0 Å². The van der Waals surface area contributed by atoms with Gasteiger partial charge in [0.05, 0.1) is 37.3 Å². The number of carbonyl (C=O) groups is 1. The molecule has 0 unspecified atom stereocenters. The molecule has 3 aromatic heterocycles. The number of amides is 1. The van der Waals surface area contributed by atoms with Crippen molar-refractivity contribution < 1.29 is 22.7 Å². The van der Waals surface area contributed by atoms with Crippen molar-refractivity contribution in [3.63, 3.8) is 0 Å². The molecule has 0 bridgehead atoms. The van der Waals surface area contributed by atoms with Gasteiger partial charge in [-0.3, -0.25) is 9.89 Å². The molecule has 0 aliphatic carbocycles. The van der Waals surface area contributed by atoms with E-state index >= 15 is 0 Å². The number of H-pyrrole nitrogens is 1. The standard InChI is InChI=1S/C22H18F3N7O2/c1-34-20-18(22(23,24)25)7-16(10-26-20)31-19(33)6-13-2-4-14(5-3-13)15-8-27-21(28-9-15)32-17-11-29-30-12-17/h2-5,7-12H,6H2,1H3,(H,29,30)(H,31,33)(H,27,28,32). The van der Waals surface area contributed by atoms with Crippen LogP contribution < -0.4 is 15.4 Å². The van der Waals surface area contributed by atoms with Crippen molar-refractivity contribution in [2.24, 2.45) is 0 Å². The summed E-state index contributed by atoms with van der Waals surface area (Å²) in [5.74, 6) is -0.624. The van der Waals surface area contributed by atoms with Crippen LogP contribution in [0.25, 0.3) is 11.1 Å². The first-order chi connectivity index (χ1) is 16.3. The van der Waals surface area contributed by atoms with Gasteiger partial charge in [-0.2, -0.15) is 18.3 Å². The number of hydrogen-bond acceptors (Lipinski definition) is 7. The maximum absolute atomic E-state index is 13.1. The number of halogens is 3. The molecule has 4 rings (SSSR count). The van der Waals surface area contributed by atoms with E-state index in [1.807, 2.05) is 0 Å². The molecule has 0 atom stereocenters. The molecule has 12 heteroatoms. The zero-order chi connectivity index (χ0) is 24.1. The van der Waals surface area contributed by atoms with Gasteiger partial charge in [-0.05, 0) is 17.2 Å². The minimum Gasteiger partial charge on any atom is -0.481 e. The van der Waals surface area contributed by atoms with Crippen LogP contribution in [0.5, 0.6) is 5.88 Å². The number of aromatic amines is 1. The Labute approximate surface area is 191 Å². The second-order valence-electron chi connectivity index (χ2n) is 7.11. The first-order valence-electron chi connectivity index (χ1n) is 9.90. The molecule has 9 nitrogen and oxygen atoms in total. The van der Waals surface area contributed by atoms with E-state index in [-0.39, 0.29) is 12.1 Å². The van der Waals surface area contributed by atoms with E-state index in [4.69, 9.17) is 0 Å². The van der Waals surface area contributed by atoms with Crippen LogP contribution in [0.3, 0.4) is 0 Å². The highest BCUT2D eigenvalue weighted by molar-refractivity contribution is 5.92. The zero-order valence-electron chi connectivity index (χ0n) is 17.7. The van der Waals surface area contributed by atoms with E-state index in [0.717, 1.165) is 36.2 Å². The molecule has 0 saturated heterocycles. The third-order valence-electron chi connectivity index (χ3n) is 4.69. The lowest BCUT2D eigenvalue weighted by Gasteiger charge is -2.13. The maximum atomic E-state index is 13.1. The van der Waals surface area contributed by atoms with Crippen molar-refractivity contribution in [2.45, 2.75) is 12.6 Å². The Morgan fingerprint density at radius 1 is 1.00 bits per heavy atom. The van der Waals surface area contributed by atoms with Gasteiger partial charge in [0.25, 0.3) is 0 Å². The Morgan fingerprint density at radius 2 is 1.74 bits per heavy atom. The Kier molecular flexibility index (Phi) is 6.39. The van der Waals surface area contributed by atoms with Crippen LogP contribution in [-0.2, 0) is 17.4 Å². The number of benzene rings is 1. The van der Waals surface area contributed by atoms with Gasteiger partial charge in [0.1, 0.15) is 5.56 Å². The average molecular weight is 469 g/mol. The predicted molar refractivity (Wildman–Crippen MR) is 117 cm³/mol. The van der Waals surface area contributed by atoms with Crippen LogP contribution in [0, 0.1) is 0 Å². The topological polar surface area (TPSA) is 118 Å². The summed E-state index contributed by atoms with van der Waals surface area (Å²) in [6, 6.07) is 7.90. The number of carbonyl (C=O) groups excluding carboxylic acids is 1. The Morgan fingerprint density at radius 3 is 2.35 bits per heavy atom. The zero-order valence-corrected chi connectivity index (χ0v) is 17.7. The molecular weight excluding hydrogens is 451 g/mol. The van der Waals surface area contributed by atoms with E-state index in [0.29, 0.717) is 11.5 Å². The monoisotopic (exact) mass is 469 g/mol. The Balaban J connectivity index is 1.38. The largest absolute Gasteiger partial charge is 0.481 e. The van der Waals surface area contributed by atoms with Crippen molar-refractivity contribution in [3.8, 4) is 17.0 Å². The molecule has 34 heavy (non-hydrogen) atoms. The van der Waals surface area contributed by atoms with Gasteiger partial charge >= 0.3 is 6.18 Å². The van der Waals surface area contributed by atoms with Crippen LogP contribution in [0.1, 0.15) is 11.1 Å². The van der Waals surface area contributed by atoms with Crippen LogP contribution in [0.2, 0.25) is 0 Å². The smallest absolute Gasteiger partial charge is 0.421 e. The summed E-state index contributed by atoms with van der Waals surface area (Å²) in [6.07, 6.45) is 3.02. The number of pyridine rings is 1. The fraction of sp³-hybridized carbons (Fsp3) is 0.136. The summed E-state index contributed by atoms with van der Waals surface area (Å²) < 4.78 is 44.1. The van der Waals surface area contributed by atoms with E-state index in [1.165, 1.54) is 0 Å². The SMILES string of the molecule is COc1ncc(NC(=O)Cc2ccc(-c3cnc(Nc4cn[nH]c4)nc3)cc2)cc1C(F)(F)F. The lowest BCUT2D eigenvalue weighted by atomic mass is 10.0. The number of nitrogens with zero attached hydrogens (tertiary/aromatic N) is 4. The molecule has 3 N–H and O–H groups in total. The molecule has 174 valence electrons. The lowest BCUT2D eigenvalue weighted by Crippen LogP contribution is -2.16. The molecule has 0 aliphatic rings. The van der Waals surface area contributed by atoms with E-state index < -0.39 is 23.5 Å². The molecule has 0 radical (unpaired) electrons. The third-order valence-corrected chi connectivity index (χ3v) is 4.69. The highest BCUT2D eigenvalue weighted by atomic mass is 19.4. The molecule has 0 aliphatic heterocycles. The summed E-state index contributed by atoms with van der Waals surface area (Å²) in [7, 11) is 1.10. The normalized spacial score (nSPS) is 11.2. The van der Waals surface area contributed by atoms with Crippen molar-refractivity contribution in [1.29, 1.82) is 0 Å². The van der Waals surface area contributed by atoms with Crippen molar-refractivity contribution in [2.75, 3.05) is 17.7 Å². The highest BCUT2D eigenvalue weighted by Gasteiger charge is 2.35. The van der Waals surface area contributed by atoms with Crippen LogP contribution >= 0.6 is 0 Å². The first kappa shape index (κ1) is 22.7. The second kappa shape index (κ2) is 9.57. The number of alkyl halides is 3. The van der Waals surface area contributed by atoms with E-state index in [2.05, 4.69) is 40.5 Å². The molecule has 1 aromatic carbocycles. The number of hydrogen-bond donors (Lipinski definition) is 3. The summed E-state index contributed by atoms with van der Waals surface area (Å²) >= 11 is 0. The number of methoxy groups -OCH3 is 1. The molecule has 0 saturated carbocycles. The van der Waals surface area contributed by atoms with Gasteiger partial charge in [0.2, 0.25) is 17.7 Å². The molecule has 3 heterocycles. The summed E-state index contributed by atoms with van der Waals surface area (Å²) in [4.78, 5) is 24.5. The van der Waals surface area contributed by atoms with Crippen LogP contribution in [0.4, 0.5) is 30.5 Å². The van der Waals surface area contributed by atoms with Gasteiger partial charge in [-0.1, -0.05) is 24.3 Å². The number of anilines is 3. The number of rotatable bonds is 7. The van der Waals surface area contributed by atoms with Gasteiger partial charge in [0.15, 0.2) is 0 Å². The number of ether oxygens (including phenoxy) is 1. The van der Waals surface area contributed by atoms with Gasteiger partial charge < -0.3 is 15.4 Å². The number of nitrogens with one attached hydrogen (secondary N) is 3. The van der Waals surface area contributed by atoms with Gasteiger partial charge in [0, 0.05) is 24.2 Å². The third kappa shape index (κ3) is 5.46. The van der Waals surface area contributed by atoms with Crippen LogP contribution in [0.15, 0.2) is 61.3 Å². The average Bonchev–Trinajstić information content (AvgIpc) is 3.32. The minimum atomic E-state index is -4.66. The van der Waals surface area contributed by atoms with Crippen LogP contribution in [-0.4, -0.2) is 38.2 Å². The Hall–Kier alpha value is -4.48. The number of aromatic nitrogens is 5. The molecule has 1 amide bonds. The highest BCUT2D eigenvalue weighted by Crippen LogP contribution is 2.36. The van der Waals surface area contributed by atoms with E-state index in [9.17, 15) is 18.0 Å². The fourth-order valence-corrected chi connectivity index (χ4v) is 3.08. The maximum Gasteiger partial charge on any atom is 0.421 e. The molecule has 4 aromatic rings. The molecule has 0 fully saturated rings. The minimum absolute atomic E-state index is 0.0300. The van der Waals surface area contributed by atoms with Crippen molar-refractivity contribution in [3.05, 3.63) is 72.4 Å². The molecular formula is C22H18F3N7O2. The van der Waals surface area contributed by atoms with Crippen molar-refractivity contribution in [1.82, 2.24) is 25.1 Å². The van der Waals surface area contributed by atoms with Crippen molar-refractivity contribution >= 4 is 23.2 Å². The Bertz CT molecular complexity index is 1260. The lowest BCUT2D eigenvalue weighted by molar-refractivity contribution is -0.139. The first-order valence-corrected chi connectivity index (χ1v) is 9.90. The summed E-state index contributed by atoms with van der Waals surface area (Å²) in [5.41, 5.74) is 1.89.